The van der Waals surface area contributed by atoms with Gasteiger partial charge in [-0.2, -0.15) is 0 Å². The van der Waals surface area contributed by atoms with Gasteiger partial charge in [-0.05, 0) is 31.0 Å². The minimum atomic E-state index is -0.134. The van der Waals surface area contributed by atoms with Crippen molar-refractivity contribution in [1.82, 2.24) is 10.2 Å². The minimum absolute atomic E-state index is 0.134. The maximum Gasteiger partial charge on any atom is 0.227 e. The van der Waals surface area contributed by atoms with Crippen LogP contribution in [0.5, 0.6) is 0 Å². The molecule has 1 aromatic carbocycles. The Bertz CT molecular complexity index is 594. The molecule has 0 radical (unpaired) electrons. The lowest BCUT2D eigenvalue weighted by atomic mass is 10.1. The third-order valence-electron chi connectivity index (χ3n) is 2.80. The molecular formula is C13H16N4OS. The Morgan fingerprint density at radius 1 is 1.32 bits per heavy atom. The summed E-state index contributed by atoms with van der Waals surface area (Å²) in [6.45, 7) is 4.45. The second-order valence-corrected chi connectivity index (χ2v) is 5.28. The molecule has 5 nitrogen and oxygen atoms in total. The number of carbonyl (C=O) groups is 1. The number of hydrogen-bond acceptors (Lipinski definition) is 5. The normalized spacial score (nSPS) is 10.5. The highest BCUT2D eigenvalue weighted by molar-refractivity contribution is 7.18. The number of nitrogens with two attached hydrogens (primary N) is 1. The Morgan fingerprint density at radius 3 is 2.79 bits per heavy atom. The summed E-state index contributed by atoms with van der Waals surface area (Å²) in [6.07, 6.45) is 0.290. The number of aromatic nitrogens is 2. The SMILES string of the molecule is Cc1ccc(-c2nnc(NC(=O)CCN)s2)cc1C. The van der Waals surface area contributed by atoms with Gasteiger partial charge in [0.15, 0.2) is 0 Å². The van der Waals surface area contributed by atoms with Crippen molar-refractivity contribution < 1.29 is 4.79 Å². The van der Waals surface area contributed by atoms with Crippen molar-refractivity contribution in [1.29, 1.82) is 0 Å². The predicted octanol–water partition coefficient (Wildman–Crippen LogP) is 2.11. The standard InChI is InChI=1S/C13H16N4OS/c1-8-3-4-10(7-9(8)2)12-16-17-13(19-12)15-11(18)5-6-14/h3-4,7H,5-6,14H2,1-2H3,(H,15,17,18). The zero-order valence-electron chi connectivity index (χ0n) is 10.9. The Balaban J connectivity index is 2.16. The summed E-state index contributed by atoms with van der Waals surface area (Å²) in [5.74, 6) is -0.134. The first-order valence-corrected chi connectivity index (χ1v) is 6.83. The fourth-order valence-electron chi connectivity index (χ4n) is 1.58. The highest BCUT2D eigenvalue weighted by Gasteiger charge is 2.09. The first-order chi connectivity index (χ1) is 9.10. The summed E-state index contributed by atoms with van der Waals surface area (Å²) in [6, 6.07) is 6.13. The van der Waals surface area contributed by atoms with Gasteiger partial charge < -0.3 is 11.1 Å². The molecule has 0 atom stereocenters. The maximum atomic E-state index is 11.4. The number of hydrogen-bond donors (Lipinski definition) is 2. The Labute approximate surface area is 115 Å². The molecule has 3 N–H and O–H groups in total. The maximum absolute atomic E-state index is 11.4. The predicted molar refractivity (Wildman–Crippen MR) is 77.1 cm³/mol. The van der Waals surface area contributed by atoms with E-state index in [1.165, 1.54) is 22.5 Å². The van der Waals surface area contributed by atoms with Crippen LogP contribution in [-0.2, 0) is 4.79 Å². The van der Waals surface area contributed by atoms with E-state index in [1.54, 1.807) is 0 Å². The number of amides is 1. The number of carbonyl (C=O) groups excluding carboxylic acids is 1. The van der Waals surface area contributed by atoms with Gasteiger partial charge in [0, 0.05) is 18.5 Å². The first-order valence-electron chi connectivity index (χ1n) is 6.01. The molecule has 0 saturated heterocycles. The zero-order valence-corrected chi connectivity index (χ0v) is 11.8. The molecule has 0 fully saturated rings. The van der Waals surface area contributed by atoms with E-state index in [0.717, 1.165) is 10.6 Å². The molecule has 1 amide bonds. The van der Waals surface area contributed by atoms with Gasteiger partial charge in [-0.1, -0.05) is 23.5 Å². The summed E-state index contributed by atoms with van der Waals surface area (Å²) in [5.41, 5.74) is 8.78. The number of aryl methyl sites for hydroxylation is 2. The lowest BCUT2D eigenvalue weighted by Crippen LogP contribution is -2.15. The average Bonchev–Trinajstić information content (AvgIpc) is 2.81. The molecule has 6 heteroatoms. The smallest absolute Gasteiger partial charge is 0.227 e. The van der Waals surface area contributed by atoms with Gasteiger partial charge in [-0.3, -0.25) is 4.79 Å². The molecule has 0 aliphatic rings. The lowest BCUT2D eigenvalue weighted by molar-refractivity contribution is -0.116. The van der Waals surface area contributed by atoms with Gasteiger partial charge in [0.1, 0.15) is 5.01 Å². The van der Waals surface area contributed by atoms with Crippen LogP contribution in [0, 0.1) is 13.8 Å². The lowest BCUT2D eigenvalue weighted by Gasteiger charge is -2.01. The third-order valence-corrected chi connectivity index (χ3v) is 3.68. The van der Waals surface area contributed by atoms with Crippen molar-refractivity contribution >= 4 is 22.4 Å². The van der Waals surface area contributed by atoms with Crippen LogP contribution in [0.1, 0.15) is 17.5 Å². The van der Waals surface area contributed by atoms with Crippen LogP contribution in [0.3, 0.4) is 0 Å². The summed E-state index contributed by atoms with van der Waals surface area (Å²) in [4.78, 5) is 11.4. The number of nitrogens with one attached hydrogen (secondary N) is 1. The number of benzene rings is 1. The highest BCUT2D eigenvalue weighted by Crippen LogP contribution is 2.27. The van der Waals surface area contributed by atoms with Crippen LogP contribution in [0.15, 0.2) is 18.2 Å². The quantitative estimate of drug-likeness (QED) is 0.896. The molecule has 19 heavy (non-hydrogen) atoms. The second-order valence-electron chi connectivity index (χ2n) is 4.30. The topological polar surface area (TPSA) is 80.9 Å². The molecule has 0 saturated carbocycles. The van der Waals surface area contributed by atoms with Gasteiger partial charge in [0.25, 0.3) is 0 Å². The van der Waals surface area contributed by atoms with Gasteiger partial charge in [-0.15, -0.1) is 10.2 Å². The van der Waals surface area contributed by atoms with E-state index in [0.29, 0.717) is 18.1 Å². The van der Waals surface area contributed by atoms with Gasteiger partial charge in [0.2, 0.25) is 11.0 Å². The van der Waals surface area contributed by atoms with Crippen molar-refractivity contribution in [2.75, 3.05) is 11.9 Å². The summed E-state index contributed by atoms with van der Waals surface area (Å²) < 4.78 is 0. The molecule has 0 bridgehead atoms. The molecule has 100 valence electrons. The molecular weight excluding hydrogens is 260 g/mol. The van der Waals surface area contributed by atoms with Crippen molar-refractivity contribution in [2.45, 2.75) is 20.3 Å². The summed E-state index contributed by atoms with van der Waals surface area (Å²) in [5, 5.41) is 12.0. The Hall–Kier alpha value is -1.79. The van der Waals surface area contributed by atoms with Crippen LogP contribution < -0.4 is 11.1 Å². The molecule has 0 aliphatic heterocycles. The monoisotopic (exact) mass is 276 g/mol. The van der Waals surface area contributed by atoms with Gasteiger partial charge >= 0.3 is 0 Å². The van der Waals surface area contributed by atoms with Crippen LogP contribution in [-0.4, -0.2) is 22.6 Å². The summed E-state index contributed by atoms with van der Waals surface area (Å²) >= 11 is 1.36. The van der Waals surface area contributed by atoms with Gasteiger partial charge in [-0.25, -0.2) is 0 Å². The van der Waals surface area contributed by atoms with E-state index in [-0.39, 0.29) is 5.91 Å². The number of nitrogens with zero attached hydrogens (tertiary/aromatic N) is 2. The number of anilines is 1. The van der Waals surface area contributed by atoms with Crippen molar-refractivity contribution in [3.63, 3.8) is 0 Å². The molecule has 1 aromatic heterocycles. The first kappa shape index (κ1) is 13.6. The molecule has 0 aliphatic carbocycles. The van der Waals surface area contributed by atoms with E-state index in [9.17, 15) is 4.79 Å². The van der Waals surface area contributed by atoms with E-state index in [2.05, 4.69) is 41.5 Å². The second kappa shape index (κ2) is 5.90. The zero-order chi connectivity index (χ0) is 13.8. The van der Waals surface area contributed by atoms with Crippen LogP contribution in [0.4, 0.5) is 5.13 Å². The van der Waals surface area contributed by atoms with E-state index in [4.69, 9.17) is 5.73 Å². The third kappa shape index (κ3) is 3.36. The van der Waals surface area contributed by atoms with Gasteiger partial charge in [0.05, 0.1) is 0 Å². The Kier molecular flexibility index (Phi) is 4.24. The fraction of sp³-hybridized carbons (Fsp3) is 0.308. The van der Waals surface area contributed by atoms with Crippen molar-refractivity contribution in [3.05, 3.63) is 29.3 Å². The fourth-order valence-corrected chi connectivity index (χ4v) is 2.33. The van der Waals surface area contributed by atoms with Crippen molar-refractivity contribution in [2.24, 2.45) is 5.73 Å². The number of rotatable bonds is 4. The van der Waals surface area contributed by atoms with E-state index < -0.39 is 0 Å². The molecule has 0 spiro atoms. The summed E-state index contributed by atoms with van der Waals surface area (Å²) in [7, 11) is 0. The van der Waals surface area contributed by atoms with Crippen LogP contribution >= 0.6 is 11.3 Å². The molecule has 0 unspecified atom stereocenters. The minimum Gasteiger partial charge on any atom is -0.330 e. The van der Waals surface area contributed by atoms with Crippen LogP contribution in [0.2, 0.25) is 0 Å². The van der Waals surface area contributed by atoms with E-state index >= 15 is 0 Å². The van der Waals surface area contributed by atoms with Crippen molar-refractivity contribution in [3.8, 4) is 10.6 Å². The van der Waals surface area contributed by atoms with E-state index in [1.807, 2.05) is 6.07 Å². The van der Waals surface area contributed by atoms with Crippen LogP contribution in [0.25, 0.3) is 10.6 Å². The largest absolute Gasteiger partial charge is 0.330 e. The molecule has 2 aromatic rings. The Morgan fingerprint density at radius 2 is 2.11 bits per heavy atom. The molecule has 2 rings (SSSR count). The average molecular weight is 276 g/mol. The molecule has 1 heterocycles. The highest BCUT2D eigenvalue weighted by atomic mass is 32.1.